The van der Waals surface area contributed by atoms with E-state index in [9.17, 15) is 4.79 Å². The second-order valence-electron chi connectivity index (χ2n) is 5.91. The van der Waals surface area contributed by atoms with E-state index in [-0.39, 0.29) is 5.91 Å². The first-order chi connectivity index (χ1) is 12.6. The van der Waals surface area contributed by atoms with Crippen molar-refractivity contribution in [2.45, 2.75) is 6.42 Å². The van der Waals surface area contributed by atoms with Crippen LogP contribution in [0.1, 0.15) is 15.9 Å². The molecule has 1 amide bonds. The van der Waals surface area contributed by atoms with Gasteiger partial charge in [0.25, 0.3) is 5.91 Å². The fraction of sp³-hybridized carbons (Fsp3) is 0.105. The van der Waals surface area contributed by atoms with Gasteiger partial charge in [-0.25, -0.2) is 9.97 Å². The number of carbonyl (C=O) groups is 1. The number of benzene rings is 2. The summed E-state index contributed by atoms with van der Waals surface area (Å²) in [7, 11) is 0. The molecule has 0 fully saturated rings. The zero-order valence-electron chi connectivity index (χ0n) is 13.6. The number of carbonyl (C=O) groups excluding carboxylic acids is 1. The van der Waals surface area contributed by atoms with E-state index in [4.69, 9.17) is 23.2 Å². The van der Waals surface area contributed by atoms with Crippen LogP contribution >= 0.6 is 23.2 Å². The van der Waals surface area contributed by atoms with E-state index in [0.717, 1.165) is 12.1 Å². The quantitative estimate of drug-likeness (QED) is 0.708. The van der Waals surface area contributed by atoms with Crippen LogP contribution in [0.2, 0.25) is 10.0 Å². The van der Waals surface area contributed by atoms with Crippen molar-refractivity contribution < 1.29 is 4.79 Å². The van der Waals surface area contributed by atoms with Gasteiger partial charge in [-0.05, 0) is 36.2 Å². The summed E-state index contributed by atoms with van der Waals surface area (Å²) in [5, 5.41) is 4.05. The van der Waals surface area contributed by atoms with Crippen LogP contribution in [0.25, 0.3) is 0 Å². The average molecular weight is 385 g/mol. The molecule has 1 aliphatic rings. The smallest absolute Gasteiger partial charge is 0.261 e. The highest BCUT2D eigenvalue weighted by Gasteiger charge is 2.25. The highest BCUT2D eigenvalue weighted by atomic mass is 35.5. The van der Waals surface area contributed by atoms with E-state index in [1.165, 1.54) is 18.0 Å². The number of para-hydroxylation sites is 1. The third-order valence-electron chi connectivity index (χ3n) is 4.15. The number of hydrogen-bond acceptors (Lipinski definition) is 4. The number of anilines is 3. The summed E-state index contributed by atoms with van der Waals surface area (Å²) in [5.74, 6) is 0.258. The lowest BCUT2D eigenvalue weighted by Crippen LogP contribution is -2.29. The number of nitrogens with one attached hydrogen (secondary N) is 1. The lowest BCUT2D eigenvalue weighted by atomic mass is 10.2. The fourth-order valence-electron chi connectivity index (χ4n) is 2.96. The van der Waals surface area contributed by atoms with Crippen molar-refractivity contribution in [3.63, 3.8) is 0 Å². The Labute approximate surface area is 160 Å². The van der Waals surface area contributed by atoms with Crippen LogP contribution in [0.4, 0.5) is 17.3 Å². The molecule has 4 rings (SSSR count). The normalized spacial score (nSPS) is 12.8. The molecule has 5 nitrogen and oxygen atoms in total. The molecule has 0 bridgehead atoms. The molecule has 1 aromatic heterocycles. The van der Waals surface area contributed by atoms with Gasteiger partial charge in [0.15, 0.2) is 0 Å². The van der Waals surface area contributed by atoms with E-state index >= 15 is 0 Å². The molecule has 130 valence electrons. The van der Waals surface area contributed by atoms with Crippen molar-refractivity contribution in [3.8, 4) is 0 Å². The van der Waals surface area contributed by atoms with Crippen LogP contribution in [0.5, 0.6) is 0 Å². The zero-order chi connectivity index (χ0) is 18.1. The fourth-order valence-corrected chi connectivity index (χ4v) is 3.49. The minimum Gasteiger partial charge on any atom is -0.324 e. The monoisotopic (exact) mass is 384 g/mol. The molecule has 26 heavy (non-hydrogen) atoms. The Bertz CT molecular complexity index is 955. The number of amides is 1. The zero-order valence-corrected chi connectivity index (χ0v) is 15.1. The molecule has 0 saturated carbocycles. The Hall–Kier alpha value is -2.63. The number of nitrogens with zero attached hydrogens (tertiary/aromatic N) is 3. The third kappa shape index (κ3) is 3.36. The molecule has 0 atom stereocenters. The standard InChI is InChI=1S/C19H14Cl2N4O/c20-14-7-15(21)9-16(8-14)24-19-22-10-13(11-23-19)18(26)25-6-5-12-3-1-2-4-17(12)25/h1-4,7-11H,5-6H2,(H,22,23,24). The van der Waals surface area contributed by atoms with Gasteiger partial charge in [-0.1, -0.05) is 41.4 Å². The Balaban J connectivity index is 1.52. The maximum atomic E-state index is 12.8. The lowest BCUT2D eigenvalue weighted by molar-refractivity contribution is 0.0988. The van der Waals surface area contributed by atoms with Crippen molar-refractivity contribution >= 4 is 46.4 Å². The van der Waals surface area contributed by atoms with E-state index in [1.807, 2.05) is 24.3 Å². The summed E-state index contributed by atoms with van der Waals surface area (Å²) in [6, 6.07) is 13.0. The van der Waals surface area contributed by atoms with Gasteiger partial charge in [-0.2, -0.15) is 0 Å². The van der Waals surface area contributed by atoms with E-state index in [0.29, 0.717) is 33.8 Å². The van der Waals surface area contributed by atoms with E-state index < -0.39 is 0 Å². The van der Waals surface area contributed by atoms with Crippen molar-refractivity contribution in [2.24, 2.45) is 0 Å². The molecular formula is C19H14Cl2N4O. The Morgan fingerprint density at radius 1 is 1.04 bits per heavy atom. The van der Waals surface area contributed by atoms with Crippen molar-refractivity contribution in [3.05, 3.63) is 76.0 Å². The number of aromatic nitrogens is 2. The van der Waals surface area contributed by atoms with Crippen molar-refractivity contribution in [2.75, 3.05) is 16.8 Å². The molecule has 0 unspecified atom stereocenters. The summed E-state index contributed by atoms with van der Waals surface area (Å²) >= 11 is 12.0. The lowest BCUT2D eigenvalue weighted by Gasteiger charge is -2.17. The van der Waals surface area contributed by atoms with Gasteiger partial charge < -0.3 is 10.2 Å². The Morgan fingerprint density at radius 2 is 1.73 bits per heavy atom. The first-order valence-electron chi connectivity index (χ1n) is 8.05. The predicted octanol–water partition coefficient (Wildman–Crippen LogP) is 4.73. The SMILES string of the molecule is O=C(c1cnc(Nc2cc(Cl)cc(Cl)c2)nc1)N1CCc2ccccc21. The first kappa shape index (κ1) is 16.8. The second-order valence-corrected chi connectivity index (χ2v) is 6.79. The number of hydrogen-bond donors (Lipinski definition) is 1. The molecule has 0 radical (unpaired) electrons. The minimum atomic E-state index is -0.104. The highest BCUT2D eigenvalue weighted by Crippen LogP contribution is 2.29. The van der Waals surface area contributed by atoms with Gasteiger partial charge in [-0.15, -0.1) is 0 Å². The van der Waals surface area contributed by atoms with Crippen molar-refractivity contribution in [1.29, 1.82) is 0 Å². The molecule has 0 aliphatic carbocycles. The van der Waals surface area contributed by atoms with E-state index in [2.05, 4.69) is 15.3 Å². The Kier molecular flexibility index (Phi) is 4.49. The van der Waals surface area contributed by atoms with Gasteiger partial charge in [0, 0.05) is 40.4 Å². The van der Waals surface area contributed by atoms with Gasteiger partial charge in [-0.3, -0.25) is 4.79 Å². The van der Waals surface area contributed by atoms with Crippen LogP contribution in [0.15, 0.2) is 54.9 Å². The molecule has 2 heterocycles. The summed E-state index contributed by atoms with van der Waals surface area (Å²) in [6.07, 6.45) is 3.90. The third-order valence-corrected chi connectivity index (χ3v) is 4.59. The van der Waals surface area contributed by atoms with Gasteiger partial charge in [0.2, 0.25) is 5.95 Å². The predicted molar refractivity (Wildman–Crippen MR) is 104 cm³/mol. The van der Waals surface area contributed by atoms with Crippen LogP contribution in [-0.4, -0.2) is 22.4 Å². The molecule has 7 heteroatoms. The van der Waals surface area contributed by atoms with Crippen LogP contribution < -0.4 is 10.2 Å². The van der Waals surface area contributed by atoms with Crippen molar-refractivity contribution in [1.82, 2.24) is 9.97 Å². The number of fused-ring (bicyclic) bond motifs is 1. The average Bonchev–Trinajstić information content (AvgIpc) is 3.05. The molecule has 0 spiro atoms. The van der Waals surface area contributed by atoms with Gasteiger partial charge >= 0.3 is 0 Å². The van der Waals surface area contributed by atoms with Gasteiger partial charge in [0.05, 0.1) is 5.56 Å². The number of halogens is 2. The summed E-state index contributed by atoms with van der Waals surface area (Å²) in [6.45, 7) is 0.666. The number of rotatable bonds is 3. The van der Waals surface area contributed by atoms with Crippen LogP contribution in [0, 0.1) is 0 Å². The molecule has 3 aromatic rings. The van der Waals surface area contributed by atoms with Crippen LogP contribution in [0.3, 0.4) is 0 Å². The summed E-state index contributed by atoms with van der Waals surface area (Å²) in [4.78, 5) is 23.0. The second kappa shape index (κ2) is 6.94. The van der Waals surface area contributed by atoms with E-state index in [1.54, 1.807) is 23.1 Å². The molecule has 1 aliphatic heterocycles. The van der Waals surface area contributed by atoms with Gasteiger partial charge in [0.1, 0.15) is 0 Å². The maximum Gasteiger partial charge on any atom is 0.261 e. The highest BCUT2D eigenvalue weighted by molar-refractivity contribution is 6.35. The summed E-state index contributed by atoms with van der Waals surface area (Å²) < 4.78 is 0. The molecular weight excluding hydrogens is 371 g/mol. The molecule has 2 aromatic carbocycles. The minimum absolute atomic E-state index is 0.104. The maximum absolute atomic E-state index is 12.8. The van der Waals surface area contributed by atoms with Crippen LogP contribution in [-0.2, 0) is 6.42 Å². The molecule has 0 saturated heterocycles. The largest absolute Gasteiger partial charge is 0.324 e. The summed E-state index contributed by atoms with van der Waals surface area (Å²) in [5.41, 5.74) is 3.25. The molecule has 1 N–H and O–H groups in total. The Morgan fingerprint density at radius 3 is 2.46 bits per heavy atom. The first-order valence-corrected chi connectivity index (χ1v) is 8.81. The topological polar surface area (TPSA) is 58.1 Å².